The molecular formula is C17H19NO2. The number of hydrogen-bond donors (Lipinski definition) is 1. The summed E-state index contributed by atoms with van der Waals surface area (Å²) in [5.41, 5.74) is 4.23. The van der Waals surface area contributed by atoms with Crippen molar-refractivity contribution in [1.82, 2.24) is 0 Å². The molecule has 0 aliphatic rings. The molecule has 0 aliphatic heterocycles. The third-order valence-electron chi connectivity index (χ3n) is 3.00. The molecular weight excluding hydrogens is 250 g/mol. The molecule has 1 N–H and O–H groups in total. The number of anilines is 1. The Morgan fingerprint density at radius 1 is 1.00 bits per heavy atom. The number of carbonyl (C=O) groups is 1. The minimum absolute atomic E-state index is 0.0797. The van der Waals surface area contributed by atoms with Crippen LogP contribution in [0.25, 0.3) is 0 Å². The smallest absolute Gasteiger partial charge is 0.221 e. The number of rotatable bonds is 3. The van der Waals surface area contributed by atoms with Gasteiger partial charge in [0.1, 0.15) is 11.5 Å². The molecule has 0 radical (unpaired) electrons. The van der Waals surface area contributed by atoms with Gasteiger partial charge in [0.05, 0.1) is 0 Å². The van der Waals surface area contributed by atoms with Crippen LogP contribution in [0.1, 0.15) is 23.6 Å². The molecule has 104 valence electrons. The Kier molecular flexibility index (Phi) is 4.08. The fraction of sp³-hybridized carbons (Fsp3) is 0.235. The molecule has 2 aromatic rings. The van der Waals surface area contributed by atoms with Gasteiger partial charge in [-0.1, -0.05) is 17.7 Å². The van der Waals surface area contributed by atoms with Crippen LogP contribution in [0.5, 0.6) is 11.5 Å². The van der Waals surface area contributed by atoms with Crippen LogP contribution in [0.3, 0.4) is 0 Å². The van der Waals surface area contributed by atoms with E-state index in [1.807, 2.05) is 38.1 Å². The molecule has 0 aliphatic carbocycles. The van der Waals surface area contributed by atoms with Crippen molar-refractivity contribution < 1.29 is 9.53 Å². The molecule has 1 amide bonds. The van der Waals surface area contributed by atoms with Crippen LogP contribution >= 0.6 is 0 Å². The third kappa shape index (κ3) is 3.38. The summed E-state index contributed by atoms with van der Waals surface area (Å²) in [6.07, 6.45) is 0. The number of carbonyl (C=O) groups excluding carboxylic acids is 1. The lowest BCUT2D eigenvalue weighted by molar-refractivity contribution is -0.114. The van der Waals surface area contributed by atoms with Gasteiger partial charge in [0.25, 0.3) is 0 Å². The highest BCUT2D eigenvalue weighted by Gasteiger charge is 2.06. The fourth-order valence-electron chi connectivity index (χ4n) is 2.26. The number of ether oxygens (including phenoxy) is 1. The lowest BCUT2D eigenvalue weighted by atomic mass is 10.1. The third-order valence-corrected chi connectivity index (χ3v) is 3.00. The van der Waals surface area contributed by atoms with Crippen LogP contribution in [-0.4, -0.2) is 5.91 Å². The van der Waals surface area contributed by atoms with Crippen LogP contribution in [-0.2, 0) is 4.79 Å². The number of hydrogen-bond acceptors (Lipinski definition) is 2. The van der Waals surface area contributed by atoms with Crippen molar-refractivity contribution in [1.29, 1.82) is 0 Å². The van der Waals surface area contributed by atoms with Gasteiger partial charge in [0.2, 0.25) is 5.91 Å². The van der Waals surface area contributed by atoms with E-state index >= 15 is 0 Å². The number of aryl methyl sites for hydroxylation is 3. The van der Waals surface area contributed by atoms with Crippen molar-refractivity contribution in [2.45, 2.75) is 27.7 Å². The van der Waals surface area contributed by atoms with Crippen LogP contribution in [0.4, 0.5) is 5.69 Å². The summed E-state index contributed by atoms with van der Waals surface area (Å²) < 4.78 is 5.94. The Morgan fingerprint density at radius 2 is 1.55 bits per heavy atom. The molecule has 0 saturated carbocycles. The van der Waals surface area contributed by atoms with Crippen molar-refractivity contribution in [3.05, 3.63) is 53.1 Å². The minimum atomic E-state index is -0.0797. The molecule has 3 heteroatoms. The Hall–Kier alpha value is -2.29. The van der Waals surface area contributed by atoms with Crippen LogP contribution < -0.4 is 10.1 Å². The second-order valence-corrected chi connectivity index (χ2v) is 5.04. The zero-order valence-electron chi connectivity index (χ0n) is 12.3. The van der Waals surface area contributed by atoms with E-state index in [4.69, 9.17) is 4.74 Å². The Morgan fingerprint density at radius 3 is 2.05 bits per heavy atom. The monoisotopic (exact) mass is 269 g/mol. The number of amides is 1. The van der Waals surface area contributed by atoms with Gasteiger partial charge in [-0.2, -0.15) is 0 Å². The molecule has 0 atom stereocenters. The van der Waals surface area contributed by atoms with E-state index < -0.39 is 0 Å². The van der Waals surface area contributed by atoms with Gasteiger partial charge >= 0.3 is 0 Å². The Balaban J connectivity index is 2.20. The highest BCUT2D eigenvalue weighted by molar-refractivity contribution is 5.88. The van der Waals surface area contributed by atoms with E-state index in [1.165, 1.54) is 12.5 Å². The van der Waals surface area contributed by atoms with Gasteiger partial charge < -0.3 is 10.1 Å². The summed E-state index contributed by atoms with van der Waals surface area (Å²) in [6.45, 7) is 7.65. The largest absolute Gasteiger partial charge is 0.457 e. The molecule has 0 saturated heterocycles. The van der Waals surface area contributed by atoms with E-state index in [0.29, 0.717) is 0 Å². The lowest BCUT2D eigenvalue weighted by Crippen LogP contribution is -2.05. The average Bonchev–Trinajstić information content (AvgIpc) is 2.35. The topological polar surface area (TPSA) is 38.3 Å². The summed E-state index contributed by atoms with van der Waals surface area (Å²) in [5.74, 6) is 1.57. The van der Waals surface area contributed by atoms with Gasteiger partial charge in [-0.15, -0.1) is 0 Å². The molecule has 0 unspecified atom stereocenters. The predicted molar refractivity (Wildman–Crippen MR) is 81.5 cm³/mol. The molecule has 20 heavy (non-hydrogen) atoms. The zero-order valence-corrected chi connectivity index (χ0v) is 12.3. The SMILES string of the molecule is CC(=O)Nc1ccc(Oc2c(C)cc(C)cc2C)cc1. The van der Waals surface area contributed by atoms with Gasteiger partial charge in [-0.3, -0.25) is 4.79 Å². The van der Waals surface area contributed by atoms with Gasteiger partial charge in [0, 0.05) is 12.6 Å². The van der Waals surface area contributed by atoms with Crippen LogP contribution in [0, 0.1) is 20.8 Å². The number of benzene rings is 2. The predicted octanol–water partition coefficient (Wildman–Crippen LogP) is 4.36. The second-order valence-electron chi connectivity index (χ2n) is 5.04. The lowest BCUT2D eigenvalue weighted by Gasteiger charge is -2.13. The molecule has 2 aromatic carbocycles. The van der Waals surface area contributed by atoms with Crippen LogP contribution in [0.15, 0.2) is 36.4 Å². The quantitative estimate of drug-likeness (QED) is 0.899. The molecule has 0 fully saturated rings. The zero-order chi connectivity index (χ0) is 14.7. The second kappa shape index (κ2) is 5.78. The summed E-state index contributed by atoms with van der Waals surface area (Å²) in [4.78, 5) is 11.0. The maximum atomic E-state index is 11.0. The summed E-state index contributed by atoms with van der Waals surface area (Å²) in [6, 6.07) is 11.6. The van der Waals surface area contributed by atoms with Crippen molar-refractivity contribution in [3.8, 4) is 11.5 Å². The van der Waals surface area contributed by atoms with E-state index in [2.05, 4.69) is 24.4 Å². The van der Waals surface area contributed by atoms with E-state index in [9.17, 15) is 4.79 Å². The van der Waals surface area contributed by atoms with Gasteiger partial charge in [0.15, 0.2) is 0 Å². The van der Waals surface area contributed by atoms with Gasteiger partial charge in [-0.25, -0.2) is 0 Å². The van der Waals surface area contributed by atoms with E-state index in [0.717, 1.165) is 28.3 Å². The van der Waals surface area contributed by atoms with Crippen LogP contribution in [0.2, 0.25) is 0 Å². The van der Waals surface area contributed by atoms with E-state index in [1.54, 1.807) is 0 Å². The maximum absolute atomic E-state index is 11.0. The first-order chi connectivity index (χ1) is 9.45. The van der Waals surface area contributed by atoms with E-state index in [-0.39, 0.29) is 5.91 Å². The van der Waals surface area contributed by atoms with Crippen molar-refractivity contribution in [3.63, 3.8) is 0 Å². The summed E-state index contributed by atoms with van der Waals surface area (Å²) in [7, 11) is 0. The summed E-state index contributed by atoms with van der Waals surface area (Å²) in [5, 5.41) is 2.73. The molecule has 3 nitrogen and oxygen atoms in total. The summed E-state index contributed by atoms with van der Waals surface area (Å²) >= 11 is 0. The van der Waals surface area contributed by atoms with Gasteiger partial charge in [-0.05, 0) is 56.2 Å². The normalized spacial score (nSPS) is 10.2. The molecule has 0 bridgehead atoms. The highest BCUT2D eigenvalue weighted by atomic mass is 16.5. The standard InChI is InChI=1S/C17H19NO2/c1-11-9-12(2)17(13(3)10-11)20-16-7-5-15(6-8-16)18-14(4)19/h5-10H,1-4H3,(H,18,19). The molecule has 2 rings (SSSR count). The van der Waals surface area contributed by atoms with Crippen molar-refractivity contribution in [2.75, 3.05) is 5.32 Å². The Bertz CT molecular complexity index is 607. The maximum Gasteiger partial charge on any atom is 0.221 e. The molecule has 0 heterocycles. The average molecular weight is 269 g/mol. The minimum Gasteiger partial charge on any atom is -0.457 e. The fourth-order valence-corrected chi connectivity index (χ4v) is 2.26. The highest BCUT2D eigenvalue weighted by Crippen LogP contribution is 2.30. The first-order valence-electron chi connectivity index (χ1n) is 6.59. The molecule has 0 spiro atoms. The Labute approximate surface area is 119 Å². The first kappa shape index (κ1) is 14.1. The molecule has 0 aromatic heterocycles. The van der Waals surface area contributed by atoms with Crippen molar-refractivity contribution in [2.24, 2.45) is 0 Å². The van der Waals surface area contributed by atoms with Crippen molar-refractivity contribution >= 4 is 11.6 Å². The number of nitrogens with one attached hydrogen (secondary N) is 1. The first-order valence-corrected chi connectivity index (χ1v) is 6.59.